The van der Waals surface area contributed by atoms with Crippen molar-refractivity contribution in [3.63, 3.8) is 0 Å². The average Bonchev–Trinajstić information content (AvgIpc) is 2.48. The van der Waals surface area contributed by atoms with Crippen LogP contribution in [0.4, 0.5) is 10.1 Å². The van der Waals surface area contributed by atoms with Crippen molar-refractivity contribution < 1.29 is 13.9 Å². The van der Waals surface area contributed by atoms with Gasteiger partial charge in [-0.15, -0.1) is 0 Å². The fraction of sp³-hybridized carbons (Fsp3) is 0.133. The third-order valence-electron chi connectivity index (χ3n) is 2.96. The number of methoxy groups -OCH3 is 1. The van der Waals surface area contributed by atoms with Gasteiger partial charge in [0.1, 0.15) is 17.6 Å². The van der Waals surface area contributed by atoms with E-state index in [1.54, 1.807) is 37.4 Å². The number of rotatable bonds is 5. The smallest absolute Gasteiger partial charge is 0.244 e. The summed E-state index contributed by atoms with van der Waals surface area (Å²) in [5.74, 6) is -0.339. The Morgan fingerprint density at radius 2 is 1.95 bits per heavy atom. The topological polar surface area (TPSA) is 64.3 Å². The summed E-state index contributed by atoms with van der Waals surface area (Å²) in [6.07, 6.45) is 0. The highest BCUT2D eigenvalue weighted by atomic mass is 79.9. The molecule has 0 radical (unpaired) electrons. The second-order valence-electron chi connectivity index (χ2n) is 4.38. The summed E-state index contributed by atoms with van der Waals surface area (Å²) in [5.41, 5.74) is 6.54. The summed E-state index contributed by atoms with van der Waals surface area (Å²) < 4.78 is 19.0. The van der Waals surface area contributed by atoms with Crippen LogP contribution >= 0.6 is 15.9 Å². The molecule has 0 bridgehead atoms. The van der Waals surface area contributed by atoms with Crippen LogP contribution in [0.3, 0.4) is 0 Å². The van der Waals surface area contributed by atoms with Crippen LogP contribution < -0.4 is 15.8 Å². The quantitative estimate of drug-likeness (QED) is 0.868. The van der Waals surface area contributed by atoms with E-state index in [-0.39, 0.29) is 0 Å². The van der Waals surface area contributed by atoms with Crippen molar-refractivity contribution in [2.24, 2.45) is 5.73 Å². The Balaban J connectivity index is 2.26. The SMILES string of the molecule is COc1ccc(NC(C(N)=O)c2ccc(Br)c(F)c2)cc1. The van der Waals surface area contributed by atoms with Gasteiger partial charge in [0.2, 0.25) is 5.91 Å². The van der Waals surface area contributed by atoms with Crippen molar-refractivity contribution in [1.82, 2.24) is 0 Å². The van der Waals surface area contributed by atoms with Crippen LogP contribution in [0.1, 0.15) is 11.6 Å². The number of halogens is 2. The molecule has 2 aromatic carbocycles. The highest BCUT2D eigenvalue weighted by Crippen LogP contribution is 2.24. The monoisotopic (exact) mass is 352 g/mol. The van der Waals surface area contributed by atoms with Gasteiger partial charge in [0.15, 0.2) is 0 Å². The average molecular weight is 353 g/mol. The molecule has 2 aromatic rings. The number of benzene rings is 2. The normalized spacial score (nSPS) is 11.8. The molecule has 0 aliphatic heterocycles. The number of primary amides is 1. The van der Waals surface area contributed by atoms with Gasteiger partial charge in [0, 0.05) is 5.69 Å². The van der Waals surface area contributed by atoms with Crippen molar-refractivity contribution in [1.29, 1.82) is 0 Å². The number of nitrogens with one attached hydrogen (secondary N) is 1. The zero-order chi connectivity index (χ0) is 15.4. The summed E-state index contributed by atoms with van der Waals surface area (Å²) in [6, 6.07) is 10.6. The van der Waals surface area contributed by atoms with E-state index in [0.29, 0.717) is 21.5 Å². The van der Waals surface area contributed by atoms with E-state index in [1.165, 1.54) is 12.1 Å². The van der Waals surface area contributed by atoms with E-state index in [1.807, 2.05) is 0 Å². The molecule has 1 amide bonds. The van der Waals surface area contributed by atoms with Crippen molar-refractivity contribution in [2.45, 2.75) is 6.04 Å². The molecule has 3 N–H and O–H groups in total. The summed E-state index contributed by atoms with van der Waals surface area (Å²) in [7, 11) is 1.57. The van der Waals surface area contributed by atoms with Gasteiger partial charge < -0.3 is 15.8 Å². The number of carbonyl (C=O) groups is 1. The van der Waals surface area contributed by atoms with Gasteiger partial charge in [0.25, 0.3) is 0 Å². The zero-order valence-corrected chi connectivity index (χ0v) is 12.9. The van der Waals surface area contributed by atoms with E-state index < -0.39 is 17.8 Å². The fourth-order valence-electron chi connectivity index (χ4n) is 1.86. The van der Waals surface area contributed by atoms with E-state index in [0.717, 1.165) is 0 Å². The van der Waals surface area contributed by atoms with Crippen molar-refractivity contribution in [2.75, 3.05) is 12.4 Å². The molecule has 21 heavy (non-hydrogen) atoms. The largest absolute Gasteiger partial charge is 0.497 e. The van der Waals surface area contributed by atoms with Crippen LogP contribution in [0.5, 0.6) is 5.75 Å². The lowest BCUT2D eigenvalue weighted by molar-refractivity contribution is -0.118. The standard InChI is InChI=1S/C15H14BrFN2O2/c1-21-11-5-3-10(4-6-11)19-14(15(18)20)9-2-7-12(16)13(17)8-9/h2-8,14,19H,1H3,(H2,18,20). The maximum Gasteiger partial charge on any atom is 0.244 e. The highest BCUT2D eigenvalue weighted by Gasteiger charge is 2.19. The first-order valence-electron chi connectivity index (χ1n) is 6.16. The molecule has 1 unspecified atom stereocenters. The second-order valence-corrected chi connectivity index (χ2v) is 5.24. The van der Waals surface area contributed by atoms with Crippen LogP contribution in [-0.4, -0.2) is 13.0 Å². The van der Waals surface area contributed by atoms with E-state index in [4.69, 9.17) is 10.5 Å². The van der Waals surface area contributed by atoms with Crippen molar-refractivity contribution in [3.8, 4) is 5.75 Å². The Bertz CT molecular complexity index is 647. The molecule has 6 heteroatoms. The Labute approximate surface area is 130 Å². The molecule has 0 heterocycles. The maximum absolute atomic E-state index is 13.6. The summed E-state index contributed by atoms with van der Waals surface area (Å²) in [6.45, 7) is 0. The van der Waals surface area contributed by atoms with Crippen LogP contribution in [-0.2, 0) is 4.79 Å². The molecule has 0 saturated carbocycles. The Hall–Kier alpha value is -2.08. The number of nitrogens with two attached hydrogens (primary N) is 1. The van der Waals surface area contributed by atoms with Crippen LogP contribution in [0.2, 0.25) is 0 Å². The van der Waals surface area contributed by atoms with Crippen LogP contribution in [0.15, 0.2) is 46.9 Å². The first kappa shape index (κ1) is 15.3. The van der Waals surface area contributed by atoms with Crippen molar-refractivity contribution >= 4 is 27.5 Å². The van der Waals surface area contributed by atoms with Crippen molar-refractivity contribution in [3.05, 3.63) is 58.3 Å². The molecular weight excluding hydrogens is 339 g/mol. The summed E-state index contributed by atoms with van der Waals surface area (Å²) >= 11 is 3.07. The first-order valence-corrected chi connectivity index (χ1v) is 6.95. The molecule has 0 fully saturated rings. The molecule has 110 valence electrons. The number of anilines is 1. The molecule has 0 aliphatic carbocycles. The predicted octanol–water partition coefficient (Wildman–Crippen LogP) is 3.24. The van der Waals surface area contributed by atoms with E-state index >= 15 is 0 Å². The zero-order valence-electron chi connectivity index (χ0n) is 11.3. The molecule has 1 atom stereocenters. The molecule has 2 rings (SSSR count). The maximum atomic E-state index is 13.6. The van der Waals surface area contributed by atoms with E-state index in [2.05, 4.69) is 21.2 Å². The molecule has 4 nitrogen and oxygen atoms in total. The first-order chi connectivity index (χ1) is 10.0. The Morgan fingerprint density at radius 1 is 1.29 bits per heavy atom. The lowest BCUT2D eigenvalue weighted by Crippen LogP contribution is -2.27. The minimum atomic E-state index is -0.819. The number of amides is 1. The van der Waals surface area contributed by atoms with E-state index in [9.17, 15) is 9.18 Å². The minimum Gasteiger partial charge on any atom is -0.497 e. The number of carbonyl (C=O) groups excluding carboxylic acids is 1. The number of ether oxygens (including phenoxy) is 1. The summed E-state index contributed by atoms with van der Waals surface area (Å²) in [4.78, 5) is 11.6. The second kappa shape index (κ2) is 6.58. The molecule has 0 saturated heterocycles. The molecule has 0 spiro atoms. The Kier molecular flexibility index (Phi) is 4.80. The van der Waals surface area contributed by atoms with Gasteiger partial charge in [-0.2, -0.15) is 0 Å². The van der Waals surface area contributed by atoms with Crippen LogP contribution in [0, 0.1) is 5.82 Å². The van der Waals surface area contributed by atoms with Gasteiger partial charge in [-0.05, 0) is 57.9 Å². The summed E-state index contributed by atoms with van der Waals surface area (Å²) in [5, 5.41) is 2.98. The Morgan fingerprint density at radius 3 is 2.48 bits per heavy atom. The lowest BCUT2D eigenvalue weighted by atomic mass is 10.1. The lowest BCUT2D eigenvalue weighted by Gasteiger charge is -2.17. The highest BCUT2D eigenvalue weighted by molar-refractivity contribution is 9.10. The number of hydrogen-bond acceptors (Lipinski definition) is 3. The van der Waals surface area contributed by atoms with Gasteiger partial charge in [0.05, 0.1) is 11.6 Å². The van der Waals surface area contributed by atoms with Gasteiger partial charge >= 0.3 is 0 Å². The third-order valence-corrected chi connectivity index (χ3v) is 3.61. The third kappa shape index (κ3) is 3.72. The molecular formula is C15H14BrFN2O2. The van der Waals surface area contributed by atoms with Gasteiger partial charge in [-0.25, -0.2) is 4.39 Å². The predicted molar refractivity (Wildman–Crippen MR) is 82.7 cm³/mol. The van der Waals surface area contributed by atoms with Crippen LogP contribution in [0.25, 0.3) is 0 Å². The fourth-order valence-corrected chi connectivity index (χ4v) is 2.11. The van der Waals surface area contributed by atoms with Gasteiger partial charge in [-0.1, -0.05) is 6.07 Å². The molecule has 0 aliphatic rings. The number of hydrogen-bond donors (Lipinski definition) is 2. The minimum absolute atomic E-state index is 0.332. The van der Waals surface area contributed by atoms with Gasteiger partial charge in [-0.3, -0.25) is 4.79 Å². The molecule has 0 aromatic heterocycles.